The van der Waals surface area contributed by atoms with E-state index in [1.165, 1.54) is 21.9 Å². The molecule has 0 aliphatic carbocycles. The summed E-state index contributed by atoms with van der Waals surface area (Å²) in [6.45, 7) is 0. The second-order valence-corrected chi connectivity index (χ2v) is 17.6. The van der Waals surface area contributed by atoms with Crippen LogP contribution in [0.1, 0.15) is 0 Å². The van der Waals surface area contributed by atoms with Crippen molar-refractivity contribution in [3.8, 4) is 73.2 Å². The summed E-state index contributed by atoms with van der Waals surface area (Å²) >= 11 is 0. The molecule has 4 aromatic heterocycles. The second-order valence-electron chi connectivity index (χ2n) is 17.6. The standard InChI is InChI=1S/C63H38N4O2/c1-4-14-39(15-5-1)41-24-26-43(27-25-41)62-64-61(42-18-8-3-9-19-42)65-63(66-62)46-28-31-49-53-35-45(30-33-57(53)68-58(49)36-46)51-37-47(38-59-60(51)50-21-11-13-23-56(50)69-59)67-54-22-12-10-20-48(54)52-34-44(29-32-55(52)67)40-16-6-2-7-17-40/h1-38H. The van der Waals surface area contributed by atoms with Crippen molar-refractivity contribution >= 4 is 65.7 Å². The average Bonchev–Trinajstić information content (AvgIpc) is 4.10. The molecular weight excluding hydrogens is 845 g/mol. The van der Waals surface area contributed by atoms with Crippen molar-refractivity contribution < 1.29 is 8.83 Å². The summed E-state index contributed by atoms with van der Waals surface area (Å²) in [5.41, 5.74) is 16.0. The number of furan rings is 2. The molecule has 4 heterocycles. The van der Waals surface area contributed by atoms with Gasteiger partial charge in [-0.25, -0.2) is 15.0 Å². The molecule has 0 fully saturated rings. The number of para-hydroxylation sites is 2. The molecule has 0 amide bonds. The molecule has 6 nitrogen and oxygen atoms in total. The minimum Gasteiger partial charge on any atom is -0.456 e. The Kier molecular flexibility index (Phi) is 8.79. The smallest absolute Gasteiger partial charge is 0.164 e. The number of fused-ring (bicyclic) bond motifs is 9. The fourth-order valence-electron chi connectivity index (χ4n) is 10.1. The monoisotopic (exact) mass is 882 g/mol. The summed E-state index contributed by atoms with van der Waals surface area (Å²) in [6.07, 6.45) is 0. The predicted molar refractivity (Wildman–Crippen MR) is 281 cm³/mol. The van der Waals surface area contributed by atoms with E-state index in [9.17, 15) is 0 Å². The van der Waals surface area contributed by atoms with Crippen molar-refractivity contribution in [3.63, 3.8) is 0 Å². The van der Waals surface area contributed by atoms with Gasteiger partial charge in [-0.05, 0) is 88.0 Å². The van der Waals surface area contributed by atoms with E-state index >= 15 is 0 Å². The highest BCUT2D eigenvalue weighted by molar-refractivity contribution is 6.16. The Morgan fingerprint density at radius 2 is 0.783 bits per heavy atom. The average molecular weight is 883 g/mol. The van der Waals surface area contributed by atoms with Gasteiger partial charge in [-0.2, -0.15) is 0 Å². The van der Waals surface area contributed by atoms with Gasteiger partial charge in [-0.15, -0.1) is 0 Å². The zero-order chi connectivity index (χ0) is 45.4. The third-order valence-electron chi connectivity index (χ3n) is 13.5. The number of nitrogens with zero attached hydrogens (tertiary/aromatic N) is 4. The Balaban J connectivity index is 0.903. The summed E-state index contributed by atoms with van der Waals surface area (Å²) in [6, 6.07) is 80.5. The van der Waals surface area contributed by atoms with Crippen LogP contribution in [0, 0.1) is 0 Å². The normalized spacial score (nSPS) is 11.8. The molecule has 0 atom stereocenters. The lowest BCUT2D eigenvalue weighted by Crippen LogP contribution is -2.00. The Morgan fingerprint density at radius 1 is 0.275 bits per heavy atom. The van der Waals surface area contributed by atoms with E-state index in [1.54, 1.807) is 0 Å². The van der Waals surface area contributed by atoms with Gasteiger partial charge in [-0.3, -0.25) is 0 Å². The highest BCUT2D eigenvalue weighted by Gasteiger charge is 2.21. The van der Waals surface area contributed by atoms with E-state index in [-0.39, 0.29) is 0 Å². The lowest BCUT2D eigenvalue weighted by molar-refractivity contribution is 0.668. The van der Waals surface area contributed by atoms with Gasteiger partial charge in [0.05, 0.1) is 16.7 Å². The van der Waals surface area contributed by atoms with Crippen LogP contribution in [0.4, 0.5) is 0 Å². The SMILES string of the molecule is c1ccc(-c2ccc(-c3nc(-c4ccccc4)nc(-c4ccc5c(c4)oc4ccc(-c6cc(-n7c8ccccc8c8cc(-c9ccccc9)ccc87)cc7oc8ccccc8c67)cc45)n3)cc2)cc1. The maximum absolute atomic E-state index is 6.70. The zero-order valence-electron chi connectivity index (χ0n) is 37.0. The van der Waals surface area contributed by atoms with Gasteiger partial charge in [0.15, 0.2) is 17.5 Å². The number of rotatable bonds is 7. The van der Waals surface area contributed by atoms with Crippen molar-refractivity contribution in [3.05, 3.63) is 231 Å². The fraction of sp³-hybridized carbons (Fsp3) is 0. The Hall–Kier alpha value is -9.39. The molecule has 0 spiro atoms. The van der Waals surface area contributed by atoms with Gasteiger partial charge in [0.25, 0.3) is 0 Å². The minimum absolute atomic E-state index is 0.571. The highest BCUT2D eigenvalue weighted by Crippen LogP contribution is 2.43. The summed E-state index contributed by atoms with van der Waals surface area (Å²) < 4.78 is 15.7. The number of hydrogen-bond acceptors (Lipinski definition) is 5. The Morgan fingerprint density at radius 3 is 1.54 bits per heavy atom. The van der Waals surface area contributed by atoms with Gasteiger partial charge in [-0.1, -0.05) is 170 Å². The van der Waals surface area contributed by atoms with E-state index in [0.29, 0.717) is 17.5 Å². The lowest BCUT2D eigenvalue weighted by atomic mass is 9.97. The first-order valence-electron chi connectivity index (χ1n) is 23.2. The second kappa shape index (κ2) is 15.6. The Labute approximate surface area is 396 Å². The van der Waals surface area contributed by atoms with E-state index in [4.69, 9.17) is 23.8 Å². The van der Waals surface area contributed by atoms with Crippen LogP contribution in [0.5, 0.6) is 0 Å². The van der Waals surface area contributed by atoms with Crippen LogP contribution < -0.4 is 0 Å². The van der Waals surface area contributed by atoms with Crippen LogP contribution >= 0.6 is 0 Å². The maximum Gasteiger partial charge on any atom is 0.164 e. The predicted octanol–water partition coefficient (Wildman–Crippen LogP) is 16.8. The number of benzene rings is 10. The molecule has 0 aliphatic rings. The fourth-order valence-corrected chi connectivity index (χ4v) is 10.1. The highest BCUT2D eigenvalue weighted by atomic mass is 16.3. The first-order chi connectivity index (χ1) is 34.2. The molecule has 6 heteroatoms. The van der Waals surface area contributed by atoms with Crippen LogP contribution in [0.3, 0.4) is 0 Å². The summed E-state index contributed by atoms with van der Waals surface area (Å²) in [4.78, 5) is 15.1. The first kappa shape index (κ1) is 38.8. The Bertz CT molecular complexity index is 4290. The number of hydrogen-bond donors (Lipinski definition) is 0. The van der Waals surface area contributed by atoms with Crippen molar-refractivity contribution in [2.45, 2.75) is 0 Å². The molecule has 322 valence electrons. The van der Waals surface area contributed by atoms with Crippen LogP contribution in [-0.2, 0) is 0 Å². The molecule has 0 unspecified atom stereocenters. The van der Waals surface area contributed by atoms with Gasteiger partial charge < -0.3 is 13.4 Å². The molecule has 0 saturated carbocycles. The third kappa shape index (κ3) is 6.53. The molecule has 14 aromatic rings. The van der Waals surface area contributed by atoms with Crippen molar-refractivity contribution in [1.82, 2.24) is 19.5 Å². The van der Waals surface area contributed by atoms with Crippen molar-refractivity contribution in [2.24, 2.45) is 0 Å². The van der Waals surface area contributed by atoms with Gasteiger partial charge in [0.2, 0.25) is 0 Å². The lowest BCUT2D eigenvalue weighted by Gasteiger charge is -2.12. The third-order valence-corrected chi connectivity index (χ3v) is 13.5. The van der Waals surface area contributed by atoms with Gasteiger partial charge in [0.1, 0.15) is 22.3 Å². The van der Waals surface area contributed by atoms with E-state index in [0.717, 1.165) is 99.5 Å². The molecular formula is C63H38N4O2. The van der Waals surface area contributed by atoms with Crippen LogP contribution in [0.2, 0.25) is 0 Å². The van der Waals surface area contributed by atoms with Crippen LogP contribution in [0.25, 0.3) is 139 Å². The molecule has 69 heavy (non-hydrogen) atoms. The molecule has 14 rings (SSSR count). The van der Waals surface area contributed by atoms with E-state index in [1.807, 2.05) is 42.5 Å². The molecule has 0 bridgehead atoms. The van der Waals surface area contributed by atoms with Crippen LogP contribution in [0.15, 0.2) is 239 Å². The van der Waals surface area contributed by atoms with E-state index in [2.05, 4.69) is 193 Å². The van der Waals surface area contributed by atoms with E-state index < -0.39 is 0 Å². The molecule has 0 aliphatic heterocycles. The summed E-state index contributed by atoms with van der Waals surface area (Å²) in [5, 5.41) is 6.57. The minimum atomic E-state index is 0.571. The molecule has 0 saturated heterocycles. The molecule has 0 N–H and O–H groups in total. The van der Waals surface area contributed by atoms with Crippen molar-refractivity contribution in [1.29, 1.82) is 0 Å². The topological polar surface area (TPSA) is 69.9 Å². The van der Waals surface area contributed by atoms with Gasteiger partial charge in [0, 0.05) is 55.1 Å². The van der Waals surface area contributed by atoms with Gasteiger partial charge >= 0.3 is 0 Å². The maximum atomic E-state index is 6.70. The number of aromatic nitrogens is 4. The quantitative estimate of drug-likeness (QED) is 0.159. The summed E-state index contributed by atoms with van der Waals surface area (Å²) in [7, 11) is 0. The largest absolute Gasteiger partial charge is 0.456 e. The first-order valence-corrected chi connectivity index (χ1v) is 23.2. The molecule has 10 aromatic carbocycles. The van der Waals surface area contributed by atoms with Crippen LogP contribution in [-0.4, -0.2) is 19.5 Å². The molecule has 0 radical (unpaired) electrons. The summed E-state index contributed by atoms with van der Waals surface area (Å²) in [5.74, 6) is 1.78. The van der Waals surface area contributed by atoms with Crippen molar-refractivity contribution in [2.75, 3.05) is 0 Å². The zero-order valence-corrected chi connectivity index (χ0v) is 37.0.